The molecule has 28 heavy (non-hydrogen) atoms. The smallest absolute Gasteiger partial charge is 0.309 e. The molecule has 1 N–H and O–H groups in total. The van der Waals surface area contributed by atoms with Crippen LogP contribution in [0.15, 0.2) is 47.2 Å². The number of amides is 1. The van der Waals surface area contributed by atoms with Crippen LogP contribution in [-0.4, -0.2) is 25.5 Å². The van der Waals surface area contributed by atoms with E-state index in [9.17, 15) is 18.0 Å². The van der Waals surface area contributed by atoms with Crippen molar-refractivity contribution in [2.24, 2.45) is 0 Å². The van der Waals surface area contributed by atoms with Crippen molar-refractivity contribution in [2.45, 2.75) is 32.6 Å². The highest BCUT2D eigenvalue weighted by molar-refractivity contribution is 9.10. The molecule has 3 rings (SSSR count). The van der Waals surface area contributed by atoms with Crippen LogP contribution in [0.5, 0.6) is 0 Å². The van der Waals surface area contributed by atoms with E-state index in [1.807, 2.05) is 0 Å². The Morgan fingerprint density at radius 2 is 2.07 bits per heavy atom. The van der Waals surface area contributed by atoms with Crippen LogP contribution in [0.25, 0.3) is 0 Å². The SMILES string of the molecule is Cc1cc(NC(=O)CCn2cc(Br)cn2)nn1Cc1cccc(C(F)(F)F)c1. The first-order valence-corrected chi connectivity index (χ1v) is 9.18. The summed E-state index contributed by atoms with van der Waals surface area (Å²) in [6.45, 7) is 2.37. The predicted molar refractivity (Wildman–Crippen MR) is 101 cm³/mol. The average molecular weight is 456 g/mol. The zero-order chi connectivity index (χ0) is 20.3. The molecule has 2 aromatic heterocycles. The van der Waals surface area contributed by atoms with E-state index in [1.54, 1.807) is 40.8 Å². The van der Waals surface area contributed by atoms with E-state index < -0.39 is 11.7 Å². The lowest BCUT2D eigenvalue weighted by atomic mass is 10.1. The van der Waals surface area contributed by atoms with Crippen molar-refractivity contribution in [1.29, 1.82) is 0 Å². The summed E-state index contributed by atoms with van der Waals surface area (Å²) in [6.07, 6.45) is -0.774. The average Bonchev–Trinajstić information content (AvgIpc) is 3.18. The zero-order valence-electron chi connectivity index (χ0n) is 14.9. The van der Waals surface area contributed by atoms with E-state index in [4.69, 9.17) is 0 Å². The molecule has 0 aliphatic rings. The second kappa shape index (κ2) is 8.17. The summed E-state index contributed by atoms with van der Waals surface area (Å²) in [5.74, 6) is 0.131. The van der Waals surface area contributed by atoms with Crippen molar-refractivity contribution in [3.05, 3.63) is 64.0 Å². The second-order valence-electron chi connectivity index (χ2n) is 6.25. The number of hydrogen-bond donors (Lipinski definition) is 1. The number of halogens is 4. The van der Waals surface area contributed by atoms with Crippen molar-refractivity contribution in [3.8, 4) is 0 Å². The Balaban J connectivity index is 1.62. The van der Waals surface area contributed by atoms with E-state index in [0.717, 1.165) is 22.3 Å². The molecule has 1 amide bonds. The Morgan fingerprint density at radius 3 is 2.75 bits per heavy atom. The van der Waals surface area contributed by atoms with Crippen LogP contribution in [-0.2, 0) is 24.1 Å². The summed E-state index contributed by atoms with van der Waals surface area (Å²) < 4.78 is 42.6. The number of hydrogen-bond acceptors (Lipinski definition) is 3. The van der Waals surface area contributed by atoms with E-state index in [1.165, 1.54) is 6.07 Å². The van der Waals surface area contributed by atoms with Crippen molar-refractivity contribution >= 4 is 27.7 Å². The molecule has 0 spiro atoms. The topological polar surface area (TPSA) is 64.7 Å². The van der Waals surface area contributed by atoms with Crippen LogP contribution in [0, 0.1) is 6.92 Å². The van der Waals surface area contributed by atoms with Gasteiger partial charge in [-0.15, -0.1) is 0 Å². The van der Waals surface area contributed by atoms with E-state index in [0.29, 0.717) is 17.9 Å². The minimum atomic E-state index is -4.39. The normalized spacial score (nSPS) is 11.6. The Labute approximate surface area is 167 Å². The van der Waals surface area contributed by atoms with Gasteiger partial charge in [0.1, 0.15) is 0 Å². The number of nitrogens with zero attached hydrogens (tertiary/aromatic N) is 4. The number of carbonyl (C=O) groups excluding carboxylic acids is 1. The molecular formula is C18H17BrF3N5O. The fraction of sp³-hybridized carbons (Fsp3) is 0.278. The van der Waals surface area contributed by atoms with Gasteiger partial charge in [0.25, 0.3) is 0 Å². The summed E-state index contributed by atoms with van der Waals surface area (Å²) in [7, 11) is 0. The molecule has 0 aliphatic carbocycles. The van der Waals surface area contributed by atoms with Crippen LogP contribution in [0.3, 0.4) is 0 Å². The van der Waals surface area contributed by atoms with Gasteiger partial charge in [-0.05, 0) is 40.5 Å². The maximum Gasteiger partial charge on any atom is 0.416 e. The zero-order valence-corrected chi connectivity index (χ0v) is 16.5. The van der Waals surface area contributed by atoms with Crippen LogP contribution < -0.4 is 5.32 Å². The maximum absolute atomic E-state index is 12.9. The molecule has 0 saturated heterocycles. The lowest BCUT2D eigenvalue weighted by Crippen LogP contribution is -2.15. The number of carbonyl (C=O) groups is 1. The fourth-order valence-electron chi connectivity index (χ4n) is 2.63. The van der Waals surface area contributed by atoms with Gasteiger partial charge in [0.15, 0.2) is 5.82 Å². The molecule has 0 fully saturated rings. The molecule has 0 saturated carbocycles. The van der Waals surface area contributed by atoms with Crippen LogP contribution in [0.1, 0.15) is 23.2 Å². The minimum absolute atomic E-state index is 0.174. The highest BCUT2D eigenvalue weighted by Crippen LogP contribution is 2.29. The van der Waals surface area contributed by atoms with E-state index in [-0.39, 0.29) is 18.9 Å². The third kappa shape index (κ3) is 5.22. The second-order valence-corrected chi connectivity index (χ2v) is 7.16. The van der Waals surface area contributed by atoms with E-state index >= 15 is 0 Å². The summed E-state index contributed by atoms with van der Waals surface area (Å²) >= 11 is 3.29. The van der Waals surface area contributed by atoms with Crippen molar-refractivity contribution < 1.29 is 18.0 Å². The highest BCUT2D eigenvalue weighted by atomic mass is 79.9. The Hall–Kier alpha value is -2.62. The molecule has 0 radical (unpaired) electrons. The Bertz CT molecular complexity index is 980. The summed E-state index contributed by atoms with van der Waals surface area (Å²) in [5, 5.41) is 11.0. The molecule has 3 aromatic rings. The number of alkyl halides is 3. The first kappa shape index (κ1) is 20.1. The monoisotopic (exact) mass is 455 g/mol. The molecule has 2 heterocycles. The number of rotatable bonds is 6. The summed E-state index contributed by atoms with van der Waals surface area (Å²) in [5.41, 5.74) is 0.500. The third-order valence-electron chi connectivity index (χ3n) is 4.01. The number of aryl methyl sites for hydroxylation is 2. The van der Waals surface area contributed by atoms with Gasteiger partial charge < -0.3 is 5.32 Å². The lowest BCUT2D eigenvalue weighted by Gasteiger charge is -2.09. The lowest BCUT2D eigenvalue weighted by molar-refractivity contribution is -0.137. The van der Waals surface area contributed by atoms with Gasteiger partial charge in [-0.3, -0.25) is 14.2 Å². The Kier molecular flexibility index (Phi) is 5.87. The molecule has 6 nitrogen and oxygen atoms in total. The van der Waals surface area contributed by atoms with Gasteiger partial charge in [0.05, 0.1) is 22.8 Å². The summed E-state index contributed by atoms with van der Waals surface area (Å²) in [4.78, 5) is 12.1. The molecule has 10 heteroatoms. The first-order chi connectivity index (χ1) is 13.2. The fourth-order valence-corrected chi connectivity index (χ4v) is 2.96. The van der Waals surface area contributed by atoms with Gasteiger partial charge in [0, 0.05) is 30.9 Å². The molecule has 0 atom stereocenters. The van der Waals surface area contributed by atoms with Gasteiger partial charge in [-0.2, -0.15) is 23.4 Å². The quantitative estimate of drug-likeness (QED) is 0.604. The summed E-state index contributed by atoms with van der Waals surface area (Å²) in [6, 6.07) is 6.78. The van der Waals surface area contributed by atoms with Crippen LogP contribution in [0.4, 0.5) is 19.0 Å². The van der Waals surface area contributed by atoms with Crippen molar-refractivity contribution in [2.75, 3.05) is 5.32 Å². The van der Waals surface area contributed by atoms with Crippen molar-refractivity contribution in [3.63, 3.8) is 0 Å². The number of aromatic nitrogens is 4. The minimum Gasteiger partial charge on any atom is -0.309 e. The molecule has 1 aromatic carbocycles. The van der Waals surface area contributed by atoms with Crippen LogP contribution >= 0.6 is 15.9 Å². The van der Waals surface area contributed by atoms with Gasteiger partial charge in [0.2, 0.25) is 5.91 Å². The molecule has 148 valence electrons. The highest BCUT2D eigenvalue weighted by Gasteiger charge is 2.30. The van der Waals surface area contributed by atoms with Gasteiger partial charge in [-0.25, -0.2) is 0 Å². The molecule has 0 unspecified atom stereocenters. The maximum atomic E-state index is 12.9. The molecular weight excluding hydrogens is 439 g/mol. The third-order valence-corrected chi connectivity index (χ3v) is 4.41. The van der Waals surface area contributed by atoms with Crippen LogP contribution in [0.2, 0.25) is 0 Å². The molecule has 0 bridgehead atoms. The number of anilines is 1. The largest absolute Gasteiger partial charge is 0.416 e. The number of nitrogens with one attached hydrogen (secondary N) is 1. The molecule has 0 aliphatic heterocycles. The standard InChI is InChI=1S/C18H17BrF3N5O/c1-12-7-16(24-17(28)5-6-26-11-15(19)9-23-26)25-27(12)10-13-3-2-4-14(8-13)18(20,21)22/h2-4,7-9,11H,5-6,10H2,1H3,(H,24,25,28). The number of benzene rings is 1. The Morgan fingerprint density at radius 1 is 1.29 bits per heavy atom. The predicted octanol–water partition coefficient (Wildman–Crippen LogP) is 4.25. The first-order valence-electron chi connectivity index (χ1n) is 8.39. The van der Waals surface area contributed by atoms with Crippen molar-refractivity contribution in [1.82, 2.24) is 19.6 Å². The van der Waals surface area contributed by atoms with Gasteiger partial charge in [-0.1, -0.05) is 12.1 Å². The van der Waals surface area contributed by atoms with Gasteiger partial charge >= 0.3 is 6.18 Å². The van der Waals surface area contributed by atoms with E-state index in [2.05, 4.69) is 31.4 Å².